The van der Waals surface area contributed by atoms with Crippen molar-refractivity contribution in [1.82, 2.24) is 15.3 Å². The van der Waals surface area contributed by atoms with E-state index in [1.807, 2.05) is 0 Å². The molecule has 7 heteroatoms. The molecule has 0 spiro atoms. The molecule has 148 valence electrons. The van der Waals surface area contributed by atoms with Crippen LogP contribution in [0.2, 0.25) is 5.02 Å². The fourth-order valence-corrected chi connectivity index (χ4v) is 4.30. The first-order valence-electron chi connectivity index (χ1n) is 9.88. The standard InChI is InChI=1S/C21H25ClN4O2/c1-28-19-7-6-14(22)12-17(19)21(27)25-15-8-10-26(11-9-15)20-16-4-2-3-5-18(16)23-13-24-20/h6-7,12-13,15H,2-5,8-11H2,1H3,(H,25,27). The van der Waals surface area contributed by atoms with Crippen molar-refractivity contribution in [3.8, 4) is 5.75 Å². The number of aryl methyl sites for hydroxylation is 1. The van der Waals surface area contributed by atoms with E-state index in [1.165, 1.54) is 24.1 Å². The van der Waals surface area contributed by atoms with Crippen molar-refractivity contribution in [2.45, 2.75) is 44.6 Å². The molecule has 1 aromatic carbocycles. The normalized spacial score (nSPS) is 17.1. The lowest BCUT2D eigenvalue weighted by Crippen LogP contribution is -2.45. The Labute approximate surface area is 170 Å². The Kier molecular flexibility index (Phi) is 5.67. The molecule has 0 atom stereocenters. The van der Waals surface area contributed by atoms with Gasteiger partial charge in [0.25, 0.3) is 5.91 Å². The maximum Gasteiger partial charge on any atom is 0.255 e. The van der Waals surface area contributed by atoms with Gasteiger partial charge in [-0.3, -0.25) is 4.79 Å². The van der Waals surface area contributed by atoms with E-state index in [0.29, 0.717) is 16.3 Å². The second-order valence-corrected chi connectivity index (χ2v) is 7.85. The summed E-state index contributed by atoms with van der Waals surface area (Å²) in [5.41, 5.74) is 3.00. The zero-order valence-corrected chi connectivity index (χ0v) is 16.8. The highest BCUT2D eigenvalue weighted by atomic mass is 35.5. The Bertz CT molecular complexity index is 865. The number of piperidine rings is 1. The number of fused-ring (bicyclic) bond motifs is 1. The lowest BCUT2D eigenvalue weighted by atomic mass is 9.95. The fourth-order valence-electron chi connectivity index (χ4n) is 4.13. The van der Waals surface area contributed by atoms with Crippen LogP contribution in [0.4, 0.5) is 5.82 Å². The van der Waals surface area contributed by atoms with Crippen LogP contribution < -0.4 is 15.0 Å². The quantitative estimate of drug-likeness (QED) is 0.851. The number of hydrogen-bond acceptors (Lipinski definition) is 5. The van der Waals surface area contributed by atoms with Gasteiger partial charge in [-0.25, -0.2) is 9.97 Å². The van der Waals surface area contributed by atoms with E-state index in [4.69, 9.17) is 16.3 Å². The van der Waals surface area contributed by atoms with Gasteiger partial charge in [-0.15, -0.1) is 0 Å². The maximum absolute atomic E-state index is 12.7. The average Bonchev–Trinajstić information content (AvgIpc) is 2.74. The van der Waals surface area contributed by atoms with Crippen molar-refractivity contribution in [2.75, 3.05) is 25.1 Å². The van der Waals surface area contributed by atoms with Gasteiger partial charge in [0.1, 0.15) is 17.9 Å². The van der Waals surface area contributed by atoms with Crippen LogP contribution in [0.3, 0.4) is 0 Å². The molecule has 6 nitrogen and oxygen atoms in total. The van der Waals surface area contributed by atoms with E-state index in [-0.39, 0.29) is 11.9 Å². The molecule has 4 rings (SSSR count). The fraction of sp³-hybridized carbons (Fsp3) is 0.476. The first kappa shape index (κ1) is 19.0. The molecule has 1 N–H and O–H groups in total. The van der Waals surface area contributed by atoms with E-state index >= 15 is 0 Å². The summed E-state index contributed by atoms with van der Waals surface area (Å²) in [5.74, 6) is 1.48. The zero-order chi connectivity index (χ0) is 19.5. The predicted octanol–water partition coefficient (Wildman–Crippen LogP) is 3.42. The van der Waals surface area contributed by atoms with Crippen LogP contribution in [0.25, 0.3) is 0 Å². The monoisotopic (exact) mass is 400 g/mol. The summed E-state index contributed by atoms with van der Waals surface area (Å²) in [4.78, 5) is 24.1. The van der Waals surface area contributed by atoms with Gasteiger partial charge in [0.2, 0.25) is 0 Å². The molecule has 28 heavy (non-hydrogen) atoms. The van der Waals surface area contributed by atoms with Gasteiger partial charge < -0.3 is 15.0 Å². The van der Waals surface area contributed by atoms with Gasteiger partial charge in [0, 0.05) is 35.4 Å². The highest BCUT2D eigenvalue weighted by Crippen LogP contribution is 2.29. The molecule has 0 unspecified atom stereocenters. The van der Waals surface area contributed by atoms with Crippen LogP contribution in [-0.4, -0.2) is 42.1 Å². The van der Waals surface area contributed by atoms with Crippen molar-refractivity contribution >= 4 is 23.3 Å². The molecule has 0 radical (unpaired) electrons. The van der Waals surface area contributed by atoms with Crippen LogP contribution in [0.1, 0.15) is 47.3 Å². The van der Waals surface area contributed by atoms with Gasteiger partial charge in [0.15, 0.2) is 0 Å². The molecule has 1 amide bonds. The molecular formula is C21H25ClN4O2. The minimum Gasteiger partial charge on any atom is -0.496 e. The van der Waals surface area contributed by atoms with Crippen molar-refractivity contribution in [2.24, 2.45) is 0 Å². The number of aromatic nitrogens is 2. The number of ether oxygens (including phenoxy) is 1. The van der Waals surface area contributed by atoms with Gasteiger partial charge in [0.05, 0.1) is 12.7 Å². The van der Waals surface area contributed by atoms with E-state index in [9.17, 15) is 4.79 Å². The number of halogens is 1. The van der Waals surface area contributed by atoms with Gasteiger partial charge in [-0.05, 0) is 56.7 Å². The number of carbonyl (C=O) groups excluding carboxylic acids is 1. The van der Waals surface area contributed by atoms with E-state index in [0.717, 1.165) is 44.6 Å². The number of methoxy groups -OCH3 is 1. The van der Waals surface area contributed by atoms with Crippen molar-refractivity contribution < 1.29 is 9.53 Å². The first-order chi connectivity index (χ1) is 13.7. The number of rotatable bonds is 4. The van der Waals surface area contributed by atoms with Crippen LogP contribution >= 0.6 is 11.6 Å². The third kappa shape index (κ3) is 3.92. The van der Waals surface area contributed by atoms with E-state index < -0.39 is 0 Å². The average molecular weight is 401 g/mol. The molecule has 2 heterocycles. The number of hydrogen-bond donors (Lipinski definition) is 1. The molecule has 2 aromatic rings. The molecule has 1 fully saturated rings. The summed E-state index contributed by atoms with van der Waals surface area (Å²) >= 11 is 6.05. The highest BCUT2D eigenvalue weighted by molar-refractivity contribution is 6.31. The van der Waals surface area contributed by atoms with Crippen LogP contribution in [-0.2, 0) is 12.8 Å². The third-order valence-corrected chi connectivity index (χ3v) is 5.87. The van der Waals surface area contributed by atoms with Crippen LogP contribution in [0.15, 0.2) is 24.5 Å². The van der Waals surface area contributed by atoms with Crippen molar-refractivity contribution in [1.29, 1.82) is 0 Å². The molecular weight excluding hydrogens is 376 g/mol. The molecule has 0 saturated carbocycles. The molecule has 1 aliphatic heterocycles. The number of carbonyl (C=O) groups is 1. The summed E-state index contributed by atoms with van der Waals surface area (Å²) < 4.78 is 5.30. The number of benzene rings is 1. The highest BCUT2D eigenvalue weighted by Gasteiger charge is 2.26. The van der Waals surface area contributed by atoms with Gasteiger partial charge in [-0.2, -0.15) is 0 Å². The summed E-state index contributed by atoms with van der Waals surface area (Å²) in [6, 6.07) is 5.22. The molecule has 0 bridgehead atoms. The summed E-state index contributed by atoms with van der Waals surface area (Å²) in [5, 5.41) is 3.66. The molecule has 1 saturated heterocycles. The summed E-state index contributed by atoms with van der Waals surface area (Å²) in [7, 11) is 1.56. The SMILES string of the molecule is COc1ccc(Cl)cc1C(=O)NC1CCN(c2ncnc3c2CCCC3)CC1. The zero-order valence-electron chi connectivity index (χ0n) is 16.1. The smallest absolute Gasteiger partial charge is 0.255 e. The van der Waals surface area contributed by atoms with E-state index in [1.54, 1.807) is 31.6 Å². The Morgan fingerprint density at radius 3 is 2.79 bits per heavy atom. The van der Waals surface area contributed by atoms with Crippen LogP contribution in [0, 0.1) is 0 Å². The maximum atomic E-state index is 12.7. The third-order valence-electron chi connectivity index (χ3n) is 5.64. The van der Waals surface area contributed by atoms with Crippen molar-refractivity contribution in [3.63, 3.8) is 0 Å². The molecule has 2 aliphatic rings. The Morgan fingerprint density at radius 1 is 1.21 bits per heavy atom. The number of nitrogens with zero attached hydrogens (tertiary/aromatic N) is 3. The molecule has 1 aliphatic carbocycles. The first-order valence-corrected chi connectivity index (χ1v) is 10.3. The Morgan fingerprint density at radius 2 is 2.00 bits per heavy atom. The van der Waals surface area contributed by atoms with Crippen molar-refractivity contribution in [3.05, 3.63) is 46.4 Å². The Balaban J connectivity index is 1.40. The minimum absolute atomic E-state index is 0.130. The van der Waals surface area contributed by atoms with E-state index in [2.05, 4.69) is 20.2 Å². The topological polar surface area (TPSA) is 67.3 Å². The minimum atomic E-state index is -0.141. The van der Waals surface area contributed by atoms with Gasteiger partial charge >= 0.3 is 0 Å². The Hall–Kier alpha value is -2.34. The lowest BCUT2D eigenvalue weighted by Gasteiger charge is -2.35. The number of nitrogens with one attached hydrogen (secondary N) is 1. The second kappa shape index (κ2) is 8.35. The number of anilines is 1. The second-order valence-electron chi connectivity index (χ2n) is 7.41. The largest absolute Gasteiger partial charge is 0.496 e. The summed E-state index contributed by atoms with van der Waals surface area (Å²) in [6.45, 7) is 1.75. The van der Waals surface area contributed by atoms with Crippen LogP contribution in [0.5, 0.6) is 5.75 Å². The predicted molar refractivity (Wildman–Crippen MR) is 109 cm³/mol. The molecule has 1 aromatic heterocycles. The van der Waals surface area contributed by atoms with Gasteiger partial charge in [-0.1, -0.05) is 11.6 Å². The lowest BCUT2D eigenvalue weighted by molar-refractivity contribution is 0.0928. The summed E-state index contributed by atoms with van der Waals surface area (Å²) in [6.07, 6.45) is 8.00. The number of amides is 1.